The topological polar surface area (TPSA) is 52.6 Å². The van der Waals surface area contributed by atoms with E-state index in [2.05, 4.69) is 0 Å². The Labute approximate surface area is 139 Å². The van der Waals surface area contributed by atoms with Crippen molar-refractivity contribution in [3.05, 3.63) is 70.7 Å². The van der Waals surface area contributed by atoms with Gasteiger partial charge in [0.2, 0.25) is 0 Å². The molecule has 1 aliphatic rings. The van der Waals surface area contributed by atoms with E-state index in [1.165, 1.54) is 0 Å². The van der Waals surface area contributed by atoms with Gasteiger partial charge in [-0.05, 0) is 29.8 Å². The first kappa shape index (κ1) is 15.6. The molecule has 23 heavy (non-hydrogen) atoms. The first-order chi connectivity index (χ1) is 11.1. The monoisotopic (exact) mass is 330 g/mol. The lowest BCUT2D eigenvalue weighted by Gasteiger charge is -2.27. The molecular weight excluding hydrogens is 316 g/mol. The molecule has 4 nitrogen and oxygen atoms in total. The summed E-state index contributed by atoms with van der Waals surface area (Å²) in [5.41, 5.74) is 0.295. The van der Waals surface area contributed by atoms with E-state index in [0.29, 0.717) is 23.4 Å². The van der Waals surface area contributed by atoms with Crippen molar-refractivity contribution in [2.75, 3.05) is 6.61 Å². The van der Waals surface area contributed by atoms with Crippen LogP contribution in [-0.4, -0.2) is 18.5 Å². The summed E-state index contributed by atoms with van der Waals surface area (Å²) in [5, 5.41) is 0.592. The van der Waals surface area contributed by atoms with Crippen molar-refractivity contribution in [2.45, 2.75) is 18.4 Å². The van der Waals surface area contributed by atoms with Gasteiger partial charge in [0, 0.05) is 17.9 Å². The second-order valence-electron chi connectivity index (χ2n) is 5.42. The van der Waals surface area contributed by atoms with E-state index in [1.807, 2.05) is 6.07 Å². The van der Waals surface area contributed by atoms with Gasteiger partial charge in [-0.1, -0.05) is 41.9 Å². The van der Waals surface area contributed by atoms with E-state index < -0.39 is 11.6 Å². The molecule has 0 radical (unpaired) electrons. The van der Waals surface area contributed by atoms with Crippen LogP contribution in [0.2, 0.25) is 5.02 Å². The third kappa shape index (κ3) is 3.37. The highest BCUT2D eigenvalue weighted by Crippen LogP contribution is 2.37. The van der Waals surface area contributed by atoms with Crippen molar-refractivity contribution < 1.29 is 19.1 Å². The fourth-order valence-electron chi connectivity index (χ4n) is 2.61. The van der Waals surface area contributed by atoms with Crippen molar-refractivity contribution in [2.24, 2.45) is 0 Å². The van der Waals surface area contributed by atoms with Gasteiger partial charge in [-0.25, -0.2) is 4.79 Å². The fraction of sp³-hybridized carbons (Fsp3) is 0.222. The number of benzene rings is 2. The van der Waals surface area contributed by atoms with Gasteiger partial charge in [0.25, 0.3) is 0 Å². The minimum Gasteiger partial charge on any atom is -0.457 e. The van der Waals surface area contributed by atoms with Crippen molar-refractivity contribution in [1.29, 1.82) is 0 Å². The molecule has 0 unspecified atom stereocenters. The van der Waals surface area contributed by atoms with Gasteiger partial charge in [0.1, 0.15) is 6.61 Å². The van der Waals surface area contributed by atoms with E-state index >= 15 is 0 Å². The van der Waals surface area contributed by atoms with Gasteiger partial charge in [-0.3, -0.25) is 4.79 Å². The Balaban J connectivity index is 1.79. The number of cyclic esters (lactones) is 1. The molecular formula is C18H15ClO4. The molecule has 1 saturated heterocycles. The summed E-state index contributed by atoms with van der Waals surface area (Å²) < 4.78 is 10.9. The molecule has 1 heterocycles. The van der Waals surface area contributed by atoms with Gasteiger partial charge in [-0.15, -0.1) is 0 Å². The molecule has 0 aliphatic carbocycles. The lowest BCUT2D eigenvalue weighted by molar-refractivity contribution is -0.153. The molecule has 3 rings (SSSR count). The molecule has 0 saturated carbocycles. The first-order valence-corrected chi connectivity index (χ1v) is 7.67. The second-order valence-corrected chi connectivity index (χ2v) is 5.85. The number of rotatable bonds is 4. The number of hydrogen-bond acceptors (Lipinski definition) is 4. The Kier molecular flexibility index (Phi) is 4.35. The minimum atomic E-state index is -0.938. The average Bonchev–Trinajstić information content (AvgIpc) is 2.96. The highest BCUT2D eigenvalue weighted by Gasteiger charge is 2.43. The molecule has 1 aliphatic heterocycles. The molecule has 0 bridgehead atoms. The van der Waals surface area contributed by atoms with Gasteiger partial charge >= 0.3 is 11.9 Å². The summed E-state index contributed by atoms with van der Waals surface area (Å²) in [7, 11) is 0. The maximum absolute atomic E-state index is 12.1. The third-order valence-corrected chi connectivity index (χ3v) is 4.11. The standard InChI is InChI=1S/C18H15ClO4/c19-15-8-6-14(7-9-15)18(11-10-16(20)23-18)12-22-17(21)13-4-2-1-3-5-13/h1-9H,10-12H2/t18-/m1/s1. The Morgan fingerprint density at radius 3 is 2.43 bits per heavy atom. The Bertz CT molecular complexity index is 712. The predicted molar refractivity (Wildman–Crippen MR) is 85.2 cm³/mol. The summed E-state index contributed by atoms with van der Waals surface area (Å²) in [6.45, 7) is -0.0197. The van der Waals surface area contributed by atoms with Crippen LogP contribution in [0.4, 0.5) is 0 Å². The number of carbonyl (C=O) groups is 2. The molecule has 118 valence electrons. The second kappa shape index (κ2) is 6.42. The van der Waals surface area contributed by atoms with Crippen LogP contribution >= 0.6 is 11.6 Å². The first-order valence-electron chi connectivity index (χ1n) is 7.29. The van der Waals surface area contributed by atoms with Gasteiger partial charge in [0.05, 0.1) is 5.56 Å². The van der Waals surface area contributed by atoms with Crippen LogP contribution in [0, 0.1) is 0 Å². The van der Waals surface area contributed by atoms with Gasteiger partial charge < -0.3 is 9.47 Å². The van der Waals surface area contributed by atoms with Crippen LogP contribution < -0.4 is 0 Å². The zero-order valence-electron chi connectivity index (χ0n) is 12.3. The molecule has 0 amide bonds. The quantitative estimate of drug-likeness (QED) is 0.802. The normalized spacial score (nSPS) is 20.1. The maximum atomic E-state index is 12.1. The molecule has 0 spiro atoms. The molecule has 0 N–H and O–H groups in total. The fourth-order valence-corrected chi connectivity index (χ4v) is 2.73. The molecule has 5 heteroatoms. The highest BCUT2D eigenvalue weighted by molar-refractivity contribution is 6.30. The van der Waals surface area contributed by atoms with Crippen LogP contribution in [0.1, 0.15) is 28.8 Å². The zero-order chi connectivity index (χ0) is 16.3. The lowest BCUT2D eigenvalue weighted by atomic mass is 9.91. The smallest absolute Gasteiger partial charge is 0.338 e. The number of halogens is 1. The van der Waals surface area contributed by atoms with Crippen LogP contribution in [0.5, 0.6) is 0 Å². The Hall–Kier alpha value is -2.33. The Morgan fingerprint density at radius 1 is 1.13 bits per heavy atom. The summed E-state index contributed by atoms with van der Waals surface area (Å²) in [6.07, 6.45) is 0.765. The van der Waals surface area contributed by atoms with Crippen LogP contribution in [0.3, 0.4) is 0 Å². The van der Waals surface area contributed by atoms with Crippen LogP contribution in [0.25, 0.3) is 0 Å². The van der Waals surface area contributed by atoms with Crippen LogP contribution in [-0.2, 0) is 19.9 Å². The number of ether oxygens (including phenoxy) is 2. The molecule has 2 aromatic rings. The van der Waals surface area contributed by atoms with Crippen molar-refractivity contribution in [3.8, 4) is 0 Å². The lowest BCUT2D eigenvalue weighted by Crippen LogP contribution is -2.32. The number of hydrogen-bond donors (Lipinski definition) is 0. The van der Waals surface area contributed by atoms with Crippen molar-refractivity contribution in [3.63, 3.8) is 0 Å². The summed E-state index contributed by atoms with van der Waals surface area (Å²) in [5.74, 6) is -0.738. The van der Waals surface area contributed by atoms with E-state index in [1.54, 1.807) is 48.5 Å². The molecule has 2 aromatic carbocycles. The highest BCUT2D eigenvalue weighted by atomic mass is 35.5. The SMILES string of the molecule is O=C1CC[C@@](COC(=O)c2ccccc2)(c2ccc(Cl)cc2)O1. The zero-order valence-corrected chi connectivity index (χ0v) is 13.1. The van der Waals surface area contributed by atoms with E-state index in [0.717, 1.165) is 5.56 Å². The van der Waals surface area contributed by atoms with E-state index in [9.17, 15) is 9.59 Å². The van der Waals surface area contributed by atoms with Crippen molar-refractivity contribution in [1.82, 2.24) is 0 Å². The predicted octanol–water partition coefficient (Wildman–Crippen LogP) is 3.73. The largest absolute Gasteiger partial charge is 0.457 e. The third-order valence-electron chi connectivity index (χ3n) is 3.86. The number of carbonyl (C=O) groups excluding carboxylic acids is 2. The minimum absolute atomic E-state index is 0.0197. The van der Waals surface area contributed by atoms with Gasteiger partial charge in [0.15, 0.2) is 5.60 Å². The van der Waals surface area contributed by atoms with Crippen molar-refractivity contribution >= 4 is 23.5 Å². The van der Waals surface area contributed by atoms with Gasteiger partial charge in [-0.2, -0.15) is 0 Å². The molecule has 0 aromatic heterocycles. The maximum Gasteiger partial charge on any atom is 0.338 e. The summed E-state index contributed by atoms with van der Waals surface area (Å²) in [4.78, 5) is 23.8. The molecule has 1 atom stereocenters. The molecule has 1 fully saturated rings. The number of esters is 2. The van der Waals surface area contributed by atoms with E-state index in [-0.39, 0.29) is 12.6 Å². The summed E-state index contributed by atoms with van der Waals surface area (Å²) in [6, 6.07) is 15.7. The van der Waals surface area contributed by atoms with Crippen LogP contribution in [0.15, 0.2) is 54.6 Å². The van der Waals surface area contributed by atoms with E-state index in [4.69, 9.17) is 21.1 Å². The average molecular weight is 331 g/mol. The summed E-state index contributed by atoms with van der Waals surface area (Å²) >= 11 is 5.91. The Morgan fingerprint density at radius 2 is 1.83 bits per heavy atom.